The van der Waals surface area contributed by atoms with Gasteiger partial charge in [-0.1, -0.05) is 19.1 Å². The summed E-state index contributed by atoms with van der Waals surface area (Å²) in [5.74, 6) is -0.315. The molecule has 0 bridgehead atoms. The zero-order chi connectivity index (χ0) is 13.8. The van der Waals surface area contributed by atoms with Gasteiger partial charge in [0.05, 0.1) is 5.54 Å². The molecule has 0 aliphatic heterocycles. The summed E-state index contributed by atoms with van der Waals surface area (Å²) in [7, 11) is 1.76. The van der Waals surface area contributed by atoms with Gasteiger partial charge in [0.2, 0.25) is 5.91 Å². The number of nitrogens with one attached hydrogen (secondary N) is 1. The lowest BCUT2D eigenvalue weighted by Crippen LogP contribution is -2.52. The Morgan fingerprint density at radius 1 is 1.56 bits per heavy atom. The zero-order valence-corrected chi connectivity index (χ0v) is 13.3. The summed E-state index contributed by atoms with van der Waals surface area (Å²) < 4.78 is 1.08. The van der Waals surface area contributed by atoms with Crippen LogP contribution in [-0.2, 0) is 4.79 Å². The van der Waals surface area contributed by atoms with Crippen LogP contribution in [0.2, 0.25) is 0 Å². The molecule has 0 saturated carbocycles. The summed E-state index contributed by atoms with van der Waals surface area (Å²) in [4.78, 5) is 12.6. The van der Waals surface area contributed by atoms with E-state index in [1.165, 1.54) is 4.90 Å². The highest BCUT2D eigenvalue weighted by Gasteiger charge is 2.31. The number of likely N-dealkylation sites (N-methyl/N-ethyl adjacent to an activating group) is 1. The molecule has 5 heteroatoms. The fourth-order valence-corrected chi connectivity index (χ4v) is 3.45. The first-order chi connectivity index (χ1) is 8.39. The molecule has 3 N–H and O–H groups in total. The molecule has 1 aromatic carbocycles. The Morgan fingerprint density at radius 3 is 2.67 bits per heavy atom. The predicted molar refractivity (Wildman–Crippen MR) is 80.7 cm³/mol. The number of halogens is 1. The molecule has 0 aliphatic rings. The van der Waals surface area contributed by atoms with Crippen molar-refractivity contribution < 1.29 is 4.79 Å². The molecule has 1 aromatic rings. The number of nitrogens with two attached hydrogens (primary N) is 1. The third kappa shape index (κ3) is 4.00. The molecule has 1 amide bonds. The minimum absolute atomic E-state index is 0.286. The maximum Gasteiger partial charge on any atom is 0.237 e. The minimum Gasteiger partial charge on any atom is -0.368 e. The van der Waals surface area contributed by atoms with E-state index in [2.05, 4.69) is 34.2 Å². The Labute approximate surface area is 121 Å². The Hall–Kier alpha value is -0.520. The molecular weight excluding hydrogens is 312 g/mol. The van der Waals surface area contributed by atoms with Crippen molar-refractivity contribution in [3.63, 3.8) is 0 Å². The van der Waals surface area contributed by atoms with Crippen molar-refractivity contribution in [2.24, 2.45) is 5.73 Å². The van der Waals surface area contributed by atoms with E-state index in [0.29, 0.717) is 6.42 Å². The number of carbonyl (C=O) groups excluding carboxylic acids is 1. The number of hydrogen-bond acceptors (Lipinski definition) is 3. The fourth-order valence-electron chi connectivity index (χ4n) is 1.70. The molecule has 1 rings (SSSR count). The van der Waals surface area contributed by atoms with Crippen molar-refractivity contribution in [1.29, 1.82) is 0 Å². The second-order valence-corrected chi connectivity index (χ2v) is 6.84. The van der Waals surface area contributed by atoms with E-state index in [9.17, 15) is 4.79 Å². The van der Waals surface area contributed by atoms with Crippen LogP contribution in [0.3, 0.4) is 0 Å². The number of hydrogen-bond donors (Lipinski definition) is 2. The fraction of sp³-hybridized carbons (Fsp3) is 0.462. The third-order valence-electron chi connectivity index (χ3n) is 2.96. The number of primary amides is 1. The molecule has 0 aromatic heterocycles. The van der Waals surface area contributed by atoms with Crippen LogP contribution in [0.15, 0.2) is 33.6 Å². The zero-order valence-electron chi connectivity index (χ0n) is 10.9. The molecule has 3 nitrogen and oxygen atoms in total. The minimum atomic E-state index is -0.659. The standard InChI is InChI=1S/C13H19BrN2OS/c1-9(8-13(2,16-3)12(15)17)18-11-7-5-4-6-10(11)14/h4-7,9,16H,8H2,1-3H3,(H2,15,17). The third-order valence-corrected chi connectivity index (χ3v) is 5.09. The van der Waals surface area contributed by atoms with Crippen molar-refractivity contribution in [1.82, 2.24) is 5.32 Å². The van der Waals surface area contributed by atoms with E-state index in [4.69, 9.17) is 5.73 Å². The molecule has 2 atom stereocenters. The number of carbonyl (C=O) groups is 1. The molecule has 18 heavy (non-hydrogen) atoms. The number of rotatable bonds is 6. The lowest BCUT2D eigenvalue weighted by molar-refractivity contribution is -0.123. The van der Waals surface area contributed by atoms with Crippen molar-refractivity contribution in [3.8, 4) is 0 Å². The maximum absolute atomic E-state index is 11.4. The highest BCUT2D eigenvalue weighted by molar-refractivity contribution is 9.10. The van der Waals surface area contributed by atoms with E-state index in [0.717, 1.165) is 4.47 Å². The van der Waals surface area contributed by atoms with E-state index < -0.39 is 5.54 Å². The predicted octanol–water partition coefficient (Wildman–Crippen LogP) is 2.78. The van der Waals surface area contributed by atoms with Crippen LogP contribution in [0.5, 0.6) is 0 Å². The van der Waals surface area contributed by atoms with Crippen molar-refractivity contribution >= 4 is 33.6 Å². The average molecular weight is 331 g/mol. The lowest BCUT2D eigenvalue weighted by Gasteiger charge is -2.28. The van der Waals surface area contributed by atoms with Crippen molar-refractivity contribution in [2.45, 2.75) is 36.0 Å². The van der Waals surface area contributed by atoms with Crippen molar-refractivity contribution in [2.75, 3.05) is 7.05 Å². The highest BCUT2D eigenvalue weighted by atomic mass is 79.9. The van der Waals surface area contributed by atoms with Gasteiger partial charge in [0, 0.05) is 14.6 Å². The van der Waals surface area contributed by atoms with Gasteiger partial charge in [-0.05, 0) is 48.5 Å². The van der Waals surface area contributed by atoms with Gasteiger partial charge in [-0.25, -0.2) is 0 Å². The quantitative estimate of drug-likeness (QED) is 0.788. The average Bonchev–Trinajstić information content (AvgIpc) is 2.31. The van der Waals surface area contributed by atoms with Gasteiger partial charge in [-0.15, -0.1) is 11.8 Å². The van der Waals surface area contributed by atoms with Gasteiger partial charge < -0.3 is 11.1 Å². The van der Waals surface area contributed by atoms with Crippen molar-refractivity contribution in [3.05, 3.63) is 28.7 Å². The lowest BCUT2D eigenvalue weighted by atomic mass is 9.95. The second kappa shape index (κ2) is 6.59. The summed E-state index contributed by atoms with van der Waals surface area (Å²) >= 11 is 5.26. The van der Waals surface area contributed by atoms with Crippen LogP contribution in [0.1, 0.15) is 20.3 Å². The largest absolute Gasteiger partial charge is 0.368 e. The monoisotopic (exact) mass is 330 g/mol. The Bertz CT molecular complexity index is 427. The van der Waals surface area contributed by atoms with Crippen LogP contribution in [0, 0.1) is 0 Å². The van der Waals surface area contributed by atoms with Gasteiger partial charge in [0.25, 0.3) is 0 Å². The van der Waals surface area contributed by atoms with E-state index in [1.54, 1.807) is 18.8 Å². The van der Waals surface area contributed by atoms with E-state index >= 15 is 0 Å². The smallest absolute Gasteiger partial charge is 0.237 e. The Balaban J connectivity index is 2.70. The molecule has 100 valence electrons. The number of amides is 1. The van der Waals surface area contributed by atoms with E-state index in [-0.39, 0.29) is 11.2 Å². The van der Waals surface area contributed by atoms with Gasteiger partial charge in [0.1, 0.15) is 0 Å². The summed E-state index contributed by atoms with van der Waals surface area (Å²) in [6.45, 7) is 3.94. The summed E-state index contributed by atoms with van der Waals surface area (Å²) in [5, 5.41) is 3.30. The first kappa shape index (κ1) is 15.5. The van der Waals surface area contributed by atoms with Crippen LogP contribution in [-0.4, -0.2) is 23.7 Å². The molecule has 0 fully saturated rings. The molecule has 0 saturated heterocycles. The molecule has 0 radical (unpaired) electrons. The molecule has 2 unspecified atom stereocenters. The van der Waals surface area contributed by atoms with Crippen LogP contribution >= 0.6 is 27.7 Å². The first-order valence-corrected chi connectivity index (χ1v) is 7.46. The maximum atomic E-state index is 11.4. The van der Waals surface area contributed by atoms with Crippen LogP contribution in [0.25, 0.3) is 0 Å². The summed E-state index contributed by atoms with van der Waals surface area (Å²) in [5.41, 5.74) is 4.77. The molecular formula is C13H19BrN2OS. The van der Waals surface area contributed by atoms with Gasteiger partial charge in [-0.2, -0.15) is 0 Å². The topological polar surface area (TPSA) is 55.1 Å². The van der Waals surface area contributed by atoms with Gasteiger partial charge in [-0.3, -0.25) is 4.79 Å². The molecule has 0 aliphatic carbocycles. The second-order valence-electron chi connectivity index (χ2n) is 4.51. The number of thioether (sulfide) groups is 1. The van der Waals surface area contributed by atoms with Gasteiger partial charge in [0.15, 0.2) is 0 Å². The highest BCUT2D eigenvalue weighted by Crippen LogP contribution is 2.33. The first-order valence-electron chi connectivity index (χ1n) is 5.79. The van der Waals surface area contributed by atoms with Crippen LogP contribution < -0.4 is 11.1 Å². The van der Waals surface area contributed by atoms with E-state index in [1.807, 2.05) is 25.1 Å². The van der Waals surface area contributed by atoms with Gasteiger partial charge >= 0.3 is 0 Å². The summed E-state index contributed by atoms with van der Waals surface area (Å²) in [6.07, 6.45) is 0.685. The Kier molecular flexibility index (Phi) is 5.69. The Morgan fingerprint density at radius 2 is 2.17 bits per heavy atom. The molecule has 0 spiro atoms. The summed E-state index contributed by atoms with van der Waals surface area (Å²) in [6, 6.07) is 8.07. The normalized spacial score (nSPS) is 16.0. The molecule has 0 heterocycles. The number of benzene rings is 1. The van der Waals surface area contributed by atoms with Crippen LogP contribution in [0.4, 0.5) is 0 Å². The SMILES string of the molecule is CNC(C)(CC(C)Sc1ccccc1Br)C(N)=O.